The summed E-state index contributed by atoms with van der Waals surface area (Å²) in [5.41, 5.74) is 5.98. The smallest absolute Gasteiger partial charge is 0.302 e. The number of hydrogen-bond acceptors (Lipinski definition) is 2. The van der Waals surface area contributed by atoms with Crippen LogP contribution in [0, 0.1) is 0 Å². The predicted octanol–water partition coefficient (Wildman–Crippen LogP) is 4.81. The number of esters is 1. The van der Waals surface area contributed by atoms with Crippen molar-refractivity contribution in [2.45, 2.75) is 13.5 Å². The molecule has 0 aromatic heterocycles. The Morgan fingerprint density at radius 3 is 2.57 bits per heavy atom. The van der Waals surface area contributed by atoms with E-state index in [1.165, 1.54) is 34.6 Å². The topological polar surface area (TPSA) is 26.3 Å². The first-order valence-electron chi connectivity index (χ1n) is 7.69. The average Bonchev–Trinajstić information content (AvgIpc) is 2.96. The molecule has 0 fully saturated rings. The van der Waals surface area contributed by atoms with Crippen molar-refractivity contribution in [2.75, 3.05) is 0 Å². The summed E-state index contributed by atoms with van der Waals surface area (Å²) >= 11 is 0. The molecule has 0 saturated heterocycles. The molecule has 0 saturated carbocycles. The standard InChI is InChI=1S/C21H16O2/c1-14(22)23-13-17-11-10-16-12-20(15-6-3-2-4-7-15)19-9-5-8-18(17)21(16)19/h2-12H,13H2,1H3. The van der Waals surface area contributed by atoms with Crippen LogP contribution in [0.4, 0.5) is 0 Å². The van der Waals surface area contributed by atoms with Gasteiger partial charge in [-0.05, 0) is 44.7 Å². The third-order valence-electron chi connectivity index (χ3n) is 4.27. The number of rotatable bonds is 3. The third kappa shape index (κ3) is 2.33. The van der Waals surface area contributed by atoms with Crippen LogP contribution in [-0.4, -0.2) is 5.97 Å². The molecule has 23 heavy (non-hydrogen) atoms. The summed E-state index contributed by atoms with van der Waals surface area (Å²) in [5, 5.41) is 2.40. The van der Waals surface area contributed by atoms with Crippen molar-refractivity contribution in [3.05, 3.63) is 82.9 Å². The Kier molecular flexibility index (Phi) is 3.23. The quantitative estimate of drug-likeness (QED) is 0.508. The van der Waals surface area contributed by atoms with Gasteiger partial charge in [0.05, 0.1) is 0 Å². The molecule has 0 bridgehead atoms. The van der Waals surface area contributed by atoms with Gasteiger partial charge in [-0.2, -0.15) is 0 Å². The van der Waals surface area contributed by atoms with Crippen LogP contribution in [0.1, 0.15) is 29.2 Å². The second kappa shape index (κ2) is 5.40. The summed E-state index contributed by atoms with van der Waals surface area (Å²) in [6, 6.07) is 20.9. The van der Waals surface area contributed by atoms with E-state index in [2.05, 4.69) is 60.7 Å². The average molecular weight is 300 g/mol. The predicted molar refractivity (Wildman–Crippen MR) is 92.8 cm³/mol. The van der Waals surface area contributed by atoms with Crippen LogP contribution < -0.4 is 0 Å². The molecule has 2 nitrogen and oxygen atoms in total. The molecule has 0 spiro atoms. The molecule has 3 aromatic rings. The molecule has 0 aliphatic heterocycles. The Labute approximate surface area is 135 Å². The Bertz CT molecular complexity index is 937. The van der Waals surface area contributed by atoms with E-state index in [4.69, 9.17) is 4.74 Å². The van der Waals surface area contributed by atoms with E-state index in [9.17, 15) is 4.79 Å². The molecule has 1 aliphatic carbocycles. The normalized spacial score (nSPS) is 12.3. The zero-order valence-electron chi connectivity index (χ0n) is 12.9. The second-order valence-corrected chi connectivity index (χ2v) is 5.75. The first kappa shape index (κ1) is 13.8. The SMILES string of the molecule is CC(=O)OCc1ccc2c3c(cccc13)C(c1ccccc1)=C2. The van der Waals surface area contributed by atoms with Crippen molar-refractivity contribution in [3.8, 4) is 0 Å². The van der Waals surface area contributed by atoms with E-state index in [0.29, 0.717) is 6.61 Å². The molecule has 112 valence electrons. The summed E-state index contributed by atoms with van der Waals surface area (Å²) in [7, 11) is 0. The zero-order chi connectivity index (χ0) is 15.8. The largest absolute Gasteiger partial charge is 0.461 e. The summed E-state index contributed by atoms with van der Waals surface area (Å²) in [6.45, 7) is 1.76. The van der Waals surface area contributed by atoms with Gasteiger partial charge < -0.3 is 4.74 Å². The maximum atomic E-state index is 11.1. The fraction of sp³-hybridized carbons (Fsp3) is 0.0952. The molecule has 0 atom stereocenters. The van der Waals surface area contributed by atoms with Crippen molar-refractivity contribution >= 4 is 28.4 Å². The summed E-state index contributed by atoms with van der Waals surface area (Å²) < 4.78 is 5.19. The van der Waals surface area contributed by atoms with Crippen molar-refractivity contribution in [1.29, 1.82) is 0 Å². The summed E-state index contributed by atoms with van der Waals surface area (Å²) in [4.78, 5) is 11.1. The van der Waals surface area contributed by atoms with Crippen LogP contribution in [-0.2, 0) is 16.1 Å². The van der Waals surface area contributed by atoms with E-state index in [0.717, 1.165) is 10.9 Å². The molecule has 0 N–H and O–H groups in total. The Balaban J connectivity index is 1.86. The number of benzene rings is 3. The van der Waals surface area contributed by atoms with Crippen molar-refractivity contribution < 1.29 is 9.53 Å². The van der Waals surface area contributed by atoms with Crippen molar-refractivity contribution in [1.82, 2.24) is 0 Å². The van der Waals surface area contributed by atoms with Crippen molar-refractivity contribution in [3.63, 3.8) is 0 Å². The van der Waals surface area contributed by atoms with Crippen LogP contribution >= 0.6 is 0 Å². The fourth-order valence-corrected chi connectivity index (χ4v) is 3.23. The molecule has 3 aromatic carbocycles. The van der Waals surface area contributed by atoms with Gasteiger partial charge in [-0.25, -0.2) is 0 Å². The van der Waals surface area contributed by atoms with Crippen LogP contribution in [0.15, 0.2) is 60.7 Å². The maximum Gasteiger partial charge on any atom is 0.302 e. The van der Waals surface area contributed by atoms with Crippen LogP contribution in [0.25, 0.3) is 22.4 Å². The zero-order valence-corrected chi connectivity index (χ0v) is 12.9. The Morgan fingerprint density at radius 2 is 1.78 bits per heavy atom. The highest BCUT2D eigenvalue weighted by Gasteiger charge is 2.19. The highest BCUT2D eigenvalue weighted by atomic mass is 16.5. The number of ether oxygens (including phenoxy) is 1. The lowest BCUT2D eigenvalue weighted by molar-refractivity contribution is -0.142. The van der Waals surface area contributed by atoms with Gasteiger partial charge in [-0.3, -0.25) is 4.79 Å². The molecule has 1 aliphatic rings. The van der Waals surface area contributed by atoms with Gasteiger partial charge in [0.15, 0.2) is 0 Å². The van der Waals surface area contributed by atoms with Gasteiger partial charge in [0.2, 0.25) is 0 Å². The first-order chi connectivity index (χ1) is 11.2. The second-order valence-electron chi connectivity index (χ2n) is 5.75. The van der Waals surface area contributed by atoms with Gasteiger partial charge in [-0.1, -0.05) is 60.7 Å². The third-order valence-corrected chi connectivity index (χ3v) is 4.27. The van der Waals surface area contributed by atoms with Gasteiger partial charge in [0.1, 0.15) is 6.61 Å². The maximum absolute atomic E-state index is 11.1. The highest BCUT2D eigenvalue weighted by Crippen LogP contribution is 2.40. The van der Waals surface area contributed by atoms with Crippen molar-refractivity contribution in [2.24, 2.45) is 0 Å². The van der Waals surface area contributed by atoms with E-state index in [-0.39, 0.29) is 5.97 Å². The highest BCUT2D eigenvalue weighted by molar-refractivity contribution is 6.13. The molecular formula is C21H16O2. The Morgan fingerprint density at radius 1 is 0.957 bits per heavy atom. The number of hydrogen-bond donors (Lipinski definition) is 0. The number of carbonyl (C=O) groups is 1. The minimum Gasteiger partial charge on any atom is -0.461 e. The van der Waals surface area contributed by atoms with Gasteiger partial charge in [0.25, 0.3) is 0 Å². The van der Waals surface area contributed by atoms with Crippen LogP contribution in [0.3, 0.4) is 0 Å². The summed E-state index contributed by atoms with van der Waals surface area (Å²) in [6.07, 6.45) is 2.24. The summed E-state index contributed by atoms with van der Waals surface area (Å²) in [5.74, 6) is -0.253. The van der Waals surface area contributed by atoms with E-state index < -0.39 is 0 Å². The van der Waals surface area contributed by atoms with Gasteiger partial charge in [-0.15, -0.1) is 0 Å². The lowest BCUT2D eigenvalue weighted by Gasteiger charge is -2.10. The minimum absolute atomic E-state index is 0.253. The lowest BCUT2D eigenvalue weighted by Crippen LogP contribution is -1.99. The van der Waals surface area contributed by atoms with E-state index >= 15 is 0 Å². The molecule has 2 heteroatoms. The minimum atomic E-state index is -0.253. The lowest BCUT2D eigenvalue weighted by atomic mass is 9.96. The fourth-order valence-electron chi connectivity index (χ4n) is 3.23. The molecule has 0 radical (unpaired) electrons. The van der Waals surface area contributed by atoms with Gasteiger partial charge >= 0.3 is 5.97 Å². The van der Waals surface area contributed by atoms with Crippen LogP contribution in [0.5, 0.6) is 0 Å². The van der Waals surface area contributed by atoms with E-state index in [1.807, 2.05) is 6.07 Å². The Hall–Kier alpha value is -2.87. The number of carbonyl (C=O) groups excluding carboxylic acids is 1. The van der Waals surface area contributed by atoms with Crippen LogP contribution in [0.2, 0.25) is 0 Å². The molecule has 0 heterocycles. The molecule has 4 rings (SSSR count). The molecule has 0 amide bonds. The first-order valence-corrected chi connectivity index (χ1v) is 7.69. The van der Waals surface area contributed by atoms with E-state index in [1.54, 1.807) is 0 Å². The van der Waals surface area contributed by atoms with Gasteiger partial charge in [0, 0.05) is 6.92 Å². The monoisotopic (exact) mass is 300 g/mol. The molecular weight excluding hydrogens is 284 g/mol. The molecule has 0 unspecified atom stereocenters.